The average molecular weight is 420 g/mol. The number of anilines is 1. The minimum atomic E-state index is -3.79. The van der Waals surface area contributed by atoms with Gasteiger partial charge >= 0.3 is 6.03 Å². The summed E-state index contributed by atoms with van der Waals surface area (Å²) in [5, 5.41) is 4.80. The number of rotatable bonds is 5. The number of amides is 3. The lowest BCUT2D eigenvalue weighted by molar-refractivity contribution is -0.121. The van der Waals surface area contributed by atoms with Crippen LogP contribution in [0.25, 0.3) is 0 Å². The van der Waals surface area contributed by atoms with E-state index in [0.29, 0.717) is 18.8 Å². The van der Waals surface area contributed by atoms with Crippen LogP contribution in [-0.2, 0) is 14.8 Å². The van der Waals surface area contributed by atoms with Gasteiger partial charge in [0, 0.05) is 31.9 Å². The van der Waals surface area contributed by atoms with Crippen molar-refractivity contribution >= 4 is 27.6 Å². The summed E-state index contributed by atoms with van der Waals surface area (Å²) in [6, 6.07) is 13.0. The number of benzene rings is 2. The highest BCUT2D eigenvalue weighted by atomic mass is 32.2. The molecule has 8 nitrogen and oxygen atoms in total. The number of nitrogens with zero attached hydrogens (tertiary/aromatic N) is 2. The fourth-order valence-corrected chi connectivity index (χ4v) is 4.41. The van der Waals surface area contributed by atoms with Gasteiger partial charge in [-0.1, -0.05) is 24.3 Å². The van der Waals surface area contributed by atoms with Gasteiger partial charge in [-0.05, 0) is 30.3 Å². The van der Waals surface area contributed by atoms with E-state index >= 15 is 0 Å². The van der Waals surface area contributed by atoms with Gasteiger partial charge in [0.15, 0.2) is 0 Å². The molecule has 1 fully saturated rings. The summed E-state index contributed by atoms with van der Waals surface area (Å²) in [6.07, 6.45) is 0. The van der Waals surface area contributed by atoms with Crippen molar-refractivity contribution in [1.82, 2.24) is 14.5 Å². The molecule has 0 saturated carbocycles. The summed E-state index contributed by atoms with van der Waals surface area (Å²) in [7, 11) is -3.79. The molecule has 154 valence electrons. The molecule has 0 atom stereocenters. The van der Waals surface area contributed by atoms with Crippen molar-refractivity contribution in [3.8, 4) is 0 Å². The van der Waals surface area contributed by atoms with Gasteiger partial charge in [0.25, 0.3) is 0 Å². The third-order valence-electron chi connectivity index (χ3n) is 4.42. The molecule has 0 bridgehead atoms. The summed E-state index contributed by atoms with van der Waals surface area (Å²) in [5.74, 6) is -1.10. The quantitative estimate of drug-likeness (QED) is 0.764. The van der Waals surface area contributed by atoms with Crippen LogP contribution in [0.5, 0.6) is 0 Å². The van der Waals surface area contributed by atoms with Gasteiger partial charge in [0.05, 0.1) is 11.4 Å². The molecular formula is C19H21FN4O4S. The zero-order chi connectivity index (χ0) is 20.9. The van der Waals surface area contributed by atoms with Crippen molar-refractivity contribution in [2.24, 2.45) is 0 Å². The van der Waals surface area contributed by atoms with Crippen molar-refractivity contribution in [2.45, 2.75) is 4.90 Å². The molecule has 2 N–H and O–H groups in total. The topological polar surface area (TPSA) is 98.8 Å². The zero-order valence-electron chi connectivity index (χ0n) is 15.5. The van der Waals surface area contributed by atoms with Crippen molar-refractivity contribution in [1.29, 1.82) is 0 Å². The van der Waals surface area contributed by atoms with Crippen LogP contribution in [0.4, 0.5) is 14.9 Å². The second-order valence-electron chi connectivity index (χ2n) is 6.51. The zero-order valence-corrected chi connectivity index (χ0v) is 16.4. The largest absolute Gasteiger partial charge is 0.325 e. The molecule has 0 aliphatic carbocycles. The molecule has 3 rings (SSSR count). The highest BCUT2D eigenvalue weighted by molar-refractivity contribution is 7.89. The van der Waals surface area contributed by atoms with E-state index in [1.165, 1.54) is 22.5 Å². The van der Waals surface area contributed by atoms with E-state index < -0.39 is 27.8 Å². The van der Waals surface area contributed by atoms with Crippen molar-refractivity contribution < 1.29 is 22.4 Å². The van der Waals surface area contributed by atoms with Gasteiger partial charge in [0.2, 0.25) is 15.9 Å². The smallest absolute Gasteiger partial charge is 0.308 e. The van der Waals surface area contributed by atoms with Crippen LogP contribution < -0.4 is 10.6 Å². The molecule has 1 heterocycles. The predicted molar refractivity (Wildman–Crippen MR) is 105 cm³/mol. The second-order valence-corrected chi connectivity index (χ2v) is 8.44. The molecule has 29 heavy (non-hydrogen) atoms. The van der Waals surface area contributed by atoms with Crippen LogP contribution >= 0.6 is 0 Å². The van der Waals surface area contributed by atoms with E-state index in [4.69, 9.17) is 0 Å². The molecule has 3 amide bonds. The number of para-hydroxylation sites is 1. The van der Waals surface area contributed by atoms with Crippen LogP contribution in [0.15, 0.2) is 59.5 Å². The Kier molecular flexibility index (Phi) is 6.57. The van der Waals surface area contributed by atoms with Crippen LogP contribution in [0, 0.1) is 5.82 Å². The molecule has 1 aliphatic heterocycles. The molecular weight excluding hydrogens is 399 g/mol. The lowest BCUT2D eigenvalue weighted by atomic mass is 10.3. The maximum absolute atomic E-state index is 13.3. The van der Waals surface area contributed by atoms with Crippen LogP contribution in [0.2, 0.25) is 0 Å². The number of carbonyl (C=O) groups is 2. The number of nitrogens with one attached hydrogen (secondary N) is 2. The van der Waals surface area contributed by atoms with Crippen LogP contribution in [0.3, 0.4) is 0 Å². The van der Waals surface area contributed by atoms with Gasteiger partial charge < -0.3 is 5.32 Å². The Labute approximate surface area is 168 Å². The molecule has 0 aromatic heterocycles. The van der Waals surface area contributed by atoms with E-state index in [-0.39, 0.29) is 24.5 Å². The standard InChI is InChI=1S/C19H21FN4O4S/c20-15-5-4-8-17(13-15)29(27,28)24-11-9-23(10-12-24)14-18(25)22-19(26)21-16-6-2-1-3-7-16/h1-8,13H,9-12,14H2,(H2,21,22,25,26). The van der Waals surface area contributed by atoms with Gasteiger partial charge in [-0.25, -0.2) is 17.6 Å². The van der Waals surface area contributed by atoms with Crippen molar-refractivity contribution in [3.63, 3.8) is 0 Å². The number of piperazine rings is 1. The third-order valence-corrected chi connectivity index (χ3v) is 6.31. The lowest BCUT2D eigenvalue weighted by Crippen LogP contribution is -2.51. The molecule has 0 spiro atoms. The first-order chi connectivity index (χ1) is 13.8. The fraction of sp³-hybridized carbons (Fsp3) is 0.263. The first-order valence-electron chi connectivity index (χ1n) is 8.98. The maximum Gasteiger partial charge on any atom is 0.325 e. The number of urea groups is 1. The lowest BCUT2D eigenvalue weighted by Gasteiger charge is -2.33. The molecule has 2 aromatic carbocycles. The fourth-order valence-electron chi connectivity index (χ4n) is 2.96. The Balaban J connectivity index is 1.48. The van der Waals surface area contributed by atoms with Gasteiger partial charge in [-0.3, -0.25) is 15.0 Å². The Morgan fingerprint density at radius 1 is 0.966 bits per heavy atom. The van der Waals surface area contributed by atoms with Crippen LogP contribution in [-0.4, -0.2) is 62.3 Å². The molecule has 0 unspecified atom stereocenters. The van der Waals surface area contributed by atoms with E-state index in [2.05, 4.69) is 10.6 Å². The molecule has 1 aliphatic rings. The highest BCUT2D eigenvalue weighted by Crippen LogP contribution is 2.18. The Morgan fingerprint density at radius 2 is 1.66 bits per heavy atom. The first-order valence-corrected chi connectivity index (χ1v) is 10.4. The number of halogens is 1. The number of sulfonamides is 1. The van der Waals surface area contributed by atoms with E-state index in [9.17, 15) is 22.4 Å². The maximum atomic E-state index is 13.3. The van der Waals surface area contributed by atoms with E-state index in [0.717, 1.165) is 6.07 Å². The number of imide groups is 1. The van der Waals surface area contributed by atoms with E-state index in [1.54, 1.807) is 29.2 Å². The summed E-state index contributed by atoms with van der Waals surface area (Å²) in [5.41, 5.74) is 0.564. The van der Waals surface area contributed by atoms with E-state index in [1.807, 2.05) is 6.07 Å². The SMILES string of the molecule is O=C(CN1CCN(S(=O)(=O)c2cccc(F)c2)CC1)NC(=O)Nc1ccccc1. The third kappa shape index (κ3) is 5.59. The normalized spacial score (nSPS) is 15.6. The average Bonchev–Trinajstić information content (AvgIpc) is 2.69. The Hall–Kier alpha value is -2.82. The predicted octanol–water partition coefficient (Wildman–Crippen LogP) is 1.48. The second kappa shape index (κ2) is 9.12. The summed E-state index contributed by atoms with van der Waals surface area (Å²) in [6.45, 7) is 0.950. The first kappa shape index (κ1) is 20.9. The van der Waals surface area contributed by atoms with Crippen molar-refractivity contribution in [2.75, 3.05) is 38.0 Å². The molecule has 2 aromatic rings. The number of hydrogen-bond acceptors (Lipinski definition) is 5. The van der Waals surface area contributed by atoms with Gasteiger partial charge in [-0.15, -0.1) is 0 Å². The summed E-state index contributed by atoms with van der Waals surface area (Å²) >= 11 is 0. The number of carbonyl (C=O) groups excluding carboxylic acids is 2. The number of hydrogen-bond donors (Lipinski definition) is 2. The van der Waals surface area contributed by atoms with Crippen LogP contribution in [0.1, 0.15) is 0 Å². The molecule has 10 heteroatoms. The monoisotopic (exact) mass is 420 g/mol. The molecule has 0 radical (unpaired) electrons. The van der Waals surface area contributed by atoms with Gasteiger partial charge in [-0.2, -0.15) is 4.31 Å². The summed E-state index contributed by atoms with van der Waals surface area (Å²) < 4.78 is 39.8. The van der Waals surface area contributed by atoms with Crippen molar-refractivity contribution in [3.05, 3.63) is 60.4 Å². The molecule has 1 saturated heterocycles. The highest BCUT2D eigenvalue weighted by Gasteiger charge is 2.29. The Bertz CT molecular complexity index is 977. The summed E-state index contributed by atoms with van der Waals surface area (Å²) in [4.78, 5) is 25.6. The minimum absolute atomic E-state index is 0.0317. The minimum Gasteiger partial charge on any atom is -0.308 e. The Morgan fingerprint density at radius 3 is 2.31 bits per heavy atom. The van der Waals surface area contributed by atoms with Gasteiger partial charge in [0.1, 0.15) is 5.82 Å².